The molecule has 0 aliphatic heterocycles. The highest BCUT2D eigenvalue weighted by Crippen LogP contribution is 2.30. The number of aromatic carboxylic acids is 1. The molecule has 36 heavy (non-hydrogen) atoms. The van der Waals surface area contributed by atoms with Crippen LogP contribution in [0.1, 0.15) is 32.1 Å². The number of anilines is 1. The van der Waals surface area contributed by atoms with Crippen LogP contribution >= 0.6 is 11.6 Å². The van der Waals surface area contributed by atoms with Crippen LogP contribution in [0.25, 0.3) is 11.3 Å². The van der Waals surface area contributed by atoms with Gasteiger partial charge in [-0.25, -0.2) is 4.79 Å². The number of hydrogen-bond acceptors (Lipinski definition) is 6. The van der Waals surface area contributed by atoms with E-state index in [1.807, 2.05) is 0 Å². The van der Waals surface area contributed by atoms with Crippen LogP contribution in [0, 0.1) is 0 Å². The van der Waals surface area contributed by atoms with E-state index in [9.17, 15) is 27.9 Å². The van der Waals surface area contributed by atoms with Crippen LogP contribution in [0.4, 0.5) is 18.9 Å². The van der Waals surface area contributed by atoms with Crippen LogP contribution in [0.2, 0.25) is 5.02 Å². The number of carboxylic acids is 1. The standard InChI is InChI=1S/C24H15ClF3N5O3/c25-16-10-11-18(23(35)36)20(12-16)29-13-19(21(34)14-6-8-15(9-7-14)24(26,27)28)22-30-31-32-33(22)17-4-2-1-3-5-17/h1-13,29H,(H,35,36). The van der Waals surface area contributed by atoms with Crippen LogP contribution in [0.15, 0.2) is 79.0 Å². The van der Waals surface area contributed by atoms with Crippen LogP contribution in [0.5, 0.6) is 0 Å². The van der Waals surface area contributed by atoms with Gasteiger partial charge in [0.2, 0.25) is 0 Å². The molecule has 0 amide bonds. The number of allylic oxidation sites excluding steroid dienone is 1. The first-order valence-electron chi connectivity index (χ1n) is 10.2. The lowest BCUT2D eigenvalue weighted by Crippen LogP contribution is -2.12. The predicted molar refractivity (Wildman–Crippen MR) is 125 cm³/mol. The molecule has 0 saturated heterocycles. The zero-order chi connectivity index (χ0) is 25.9. The highest BCUT2D eigenvalue weighted by atomic mass is 35.5. The molecule has 4 rings (SSSR count). The number of ketones is 1. The van der Waals surface area contributed by atoms with Gasteiger partial charge in [-0.2, -0.15) is 17.9 Å². The Morgan fingerprint density at radius 1 is 1.00 bits per heavy atom. The normalized spacial score (nSPS) is 11.8. The number of hydrogen-bond donors (Lipinski definition) is 2. The maximum absolute atomic E-state index is 13.5. The largest absolute Gasteiger partial charge is 0.478 e. The summed E-state index contributed by atoms with van der Waals surface area (Å²) in [5, 5.41) is 24.0. The van der Waals surface area contributed by atoms with Gasteiger partial charge in [-0.05, 0) is 52.9 Å². The molecule has 12 heteroatoms. The van der Waals surface area contributed by atoms with Crippen molar-refractivity contribution in [2.24, 2.45) is 0 Å². The molecular formula is C24H15ClF3N5O3. The molecule has 182 valence electrons. The molecule has 0 aliphatic rings. The van der Waals surface area contributed by atoms with Gasteiger partial charge in [-0.1, -0.05) is 41.9 Å². The fraction of sp³-hybridized carbons (Fsp3) is 0.0417. The molecule has 1 heterocycles. The highest BCUT2D eigenvalue weighted by molar-refractivity contribution is 6.31. The first-order chi connectivity index (χ1) is 17.1. The van der Waals surface area contributed by atoms with E-state index >= 15 is 0 Å². The fourth-order valence-electron chi connectivity index (χ4n) is 3.27. The molecule has 0 radical (unpaired) electrons. The number of nitrogens with zero attached hydrogens (tertiary/aromatic N) is 4. The Morgan fingerprint density at radius 2 is 1.69 bits per heavy atom. The molecule has 0 fully saturated rings. The van der Waals surface area contributed by atoms with Crippen molar-refractivity contribution in [3.8, 4) is 5.69 Å². The number of halogens is 4. The number of rotatable bonds is 7. The lowest BCUT2D eigenvalue weighted by atomic mass is 10.0. The predicted octanol–water partition coefficient (Wildman–Crippen LogP) is 5.37. The minimum Gasteiger partial charge on any atom is -0.478 e. The number of alkyl halides is 3. The van der Waals surface area contributed by atoms with Crippen molar-refractivity contribution < 1.29 is 27.9 Å². The summed E-state index contributed by atoms with van der Waals surface area (Å²) in [7, 11) is 0. The zero-order valence-corrected chi connectivity index (χ0v) is 18.8. The van der Waals surface area contributed by atoms with Gasteiger partial charge in [0.15, 0.2) is 11.6 Å². The van der Waals surface area contributed by atoms with Gasteiger partial charge in [0.1, 0.15) is 0 Å². The molecule has 0 atom stereocenters. The smallest absolute Gasteiger partial charge is 0.416 e. The lowest BCUT2D eigenvalue weighted by Gasteiger charge is -2.12. The van der Waals surface area contributed by atoms with Crippen molar-refractivity contribution in [2.45, 2.75) is 6.18 Å². The molecule has 0 saturated carbocycles. The Kier molecular flexibility index (Phi) is 6.84. The van der Waals surface area contributed by atoms with Crippen molar-refractivity contribution in [2.75, 3.05) is 5.32 Å². The summed E-state index contributed by atoms with van der Waals surface area (Å²) >= 11 is 6.00. The maximum Gasteiger partial charge on any atom is 0.416 e. The average Bonchev–Trinajstić information content (AvgIpc) is 3.33. The Hall–Kier alpha value is -4.51. The van der Waals surface area contributed by atoms with Gasteiger partial charge in [0, 0.05) is 16.8 Å². The summed E-state index contributed by atoms with van der Waals surface area (Å²) < 4.78 is 40.2. The number of aromatic nitrogens is 4. The van der Waals surface area contributed by atoms with Crippen LogP contribution in [0.3, 0.4) is 0 Å². The van der Waals surface area contributed by atoms with Gasteiger partial charge in [-0.3, -0.25) is 4.79 Å². The van der Waals surface area contributed by atoms with E-state index in [-0.39, 0.29) is 33.2 Å². The van der Waals surface area contributed by atoms with E-state index in [2.05, 4.69) is 20.8 Å². The molecule has 0 aliphatic carbocycles. The Labute approximate surface area is 206 Å². The fourth-order valence-corrected chi connectivity index (χ4v) is 3.44. The number of Topliss-reactive ketones (excluding diaryl/α,β-unsaturated/α-hetero) is 1. The lowest BCUT2D eigenvalue weighted by molar-refractivity contribution is -0.137. The monoisotopic (exact) mass is 513 g/mol. The third-order valence-corrected chi connectivity index (χ3v) is 5.25. The van der Waals surface area contributed by atoms with E-state index in [0.29, 0.717) is 5.69 Å². The Bertz CT molecular complexity index is 1450. The van der Waals surface area contributed by atoms with Crippen LogP contribution in [-0.4, -0.2) is 37.1 Å². The van der Waals surface area contributed by atoms with E-state index in [0.717, 1.165) is 24.3 Å². The molecule has 1 aromatic heterocycles. The maximum atomic E-state index is 13.5. The van der Waals surface area contributed by atoms with Gasteiger partial charge >= 0.3 is 12.1 Å². The van der Waals surface area contributed by atoms with Crippen molar-refractivity contribution in [3.05, 3.63) is 107 Å². The van der Waals surface area contributed by atoms with Crippen molar-refractivity contribution in [3.63, 3.8) is 0 Å². The third-order valence-electron chi connectivity index (χ3n) is 5.01. The van der Waals surface area contributed by atoms with E-state index in [1.54, 1.807) is 30.3 Å². The zero-order valence-electron chi connectivity index (χ0n) is 18.1. The van der Waals surface area contributed by atoms with E-state index in [1.165, 1.54) is 29.1 Å². The Morgan fingerprint density at radius 3 is 2.33 bits per heavy atom. The molecule has 0 bridgehead atoms. The van der Waals surface area contributed by atoms with Crippen molar-refractivity contribution in [1.29, 1.82) is 0 Å². The number of para-hydroxylation sites is 1. The van der Waals surface area contributed by atoms with Crippen LogP contribution in [-0.2, 0) is 6.18 Å². The molecular weight excluding hydrogens is 499 g/mol. The second-order valence-electron chi connectivity index (χ2n) is 7.35. The van der Waals surface area contributed by atoms with Crippen molar-refractivity contribution in [1.82, 2.24) is 20.2 Å². The molecule has 0 spiro atoms. The summed E-state index contributed by atoms with van der Waals surface area (Å²) in [6.07, 6.45) is -3.39. The second-order valence-corrected chi connectivity index (χ2v) is 7.79. The summed E-state index contributed by atoms with van der Waals surface area (Å²) in [6.45, 7) is 0. The van der Waals surface area contributed by atoms with Gasteiger partial charge in [-0.15, -0.1) is 5.10 Å². The average molecular weight is 514 g/mol. The summed E-state index contributed by atoms with van der Waals surface area (Å²) in [4.78, 5) is 25.1. The highest BCUT2D eigenvalue weighted by Gasteiger charge is 2.31. The first-order valence-corrected chi connectivity index (χ1v) is 10.6. The Balaban J connectivity index is 1.81. The number of carbonyl (C=O) groups is 2. The third kappa shape index (κ3) is 5.26. The molecule has 0 unspecified atom stereocenters. The minimum atomic E-state index is -4.57. The second kappa shape index (κ2) is 10.0. The number of benzene rings is 3. The van der Waals surface area contributed by atoms with Crippen LogP contribution < -0.4 is 5.32 Å². The first kappa shape index (κ1) is 24.6. The molecule has 4 aromatic rings. The van der Waals surface area contributed by atoms with Gasteiger partial charge in [0.25, 0.3) is 0 Å². The minimum absolute atomic E-state index is 0.0301. The van der Waals surface area contributed by atoms with E-state index < -0.39 is 23.5 Å². The summed E-state index contributed by atoms with van der Waals surface area (Å²) in [6, 6.07) is 16.3. The van der Waals surface area contributed by atoms with Gasteiger partial charge < -0.3 is 10.4 Å². The topological polar surface area (TPSA) is 110 Å². The summed E-state index contributed by atoms with van der Waals surface area (Å²) in [5.74, 6) is -1.98. The molecule has 8 nitrogen and oxygen atoms in total. The molecule has 2 N–H and O–H groups in total. The van der Waals surface area contributed by atoms with E-state index in [4.69, 9.17) is 11.6 Å². The molecule has 3 aromatic carbocycles. The number of tetrazole rings is 1. The SMILES string of the molecule is O=C(C(=CNc1cc(Cl)ccc1C(=O)O)c1nnnn1-c1ccccc1)c1ccc(C(F)(F)F)cc1. The number of nitrogens with one attached hydrogen (secondary N) is 1. The summed E-state index contributed by atoms with van der Waals surface area (Å²) in [5.41, 5.74) is -0.659. The van der Waals surface area contributed by atoms with Crippen molar-refractivity contribution >= 4 is 34.6 Å². The number of carbonyl (C=O) groups excluding carboxylic acids is 1. The number of carboxylic acid groups (broad SMARTS) is 1. The quantitative estimate of drug-likeness (QED) is 0.252. The van der Waals surface area contributed by atoms with Gasteiger partial charge in [0.05, 0.1) is 28.1 Å².